The van der Waals surface area contributed by atoms with Gasteiger partial charge in [0, 0.05) is 6.61 Å². The van der Waals surface area contributed by atoms with Gasteiger partial charge in [0.15, 0.2) is 0 Å². The van der Waals surface area contributed by atoms with E-state index in [0.29, 0.717) is 0 Å². The molecule has 84 valence electrons. The minimum Gasteiger partial charge on any atom is -0.371 e. The molecule has 0 amide bonds. The number of nitrogens with zero attached hydrogens (tertiary/aromatic N) is 1. The molecule has 1 aromatic heterocycles. The zero-order valence-electron chi connectivity index (χ0n) is 8.78. The van der Waals surface area contributed by atoms with Gasteiger partial charge in [-0.3, -0.25) is 0 Å². The monoisotopic (exact) mass is 253 g/mol. The predicted octanol–water partition coefficient (Wildman–Crippen LogP) is 4.19. The summed E-state index contributed by atoms with van der Waals surface area (Å²) < 4.78 is 6.89. The van der Waals surface area contributed by atoms with Gasteiger partial charge in [0.2, 0.25) is 0 Å². The normalized spacial score (nSPS) is 21.4. The Morgan fingerprint density at radius 1 is 1.38 bits per heavy atom. The maximum atomic E-state index is 6.11. The first-order valence-electron chi connectivity index (χ1n) is 5.51. The minimum atomic E-state index is 0.183. The van der Waals surface area contributed by atoms with Crippen LogP contribution >= 0.6 is 22.9 Å². The molecule has 4 heteroatoms. The molecule has 1 aromatic carbocycles. The zero-order valence-corrected chi connectivity index (χ0v) is 10.4. The Morgan fingerprint density at radius 2 is 2.31 bits per heavy atom. The van der Waals surface area contributed by atoms with Crippen LogP contribution in [0, 0.1) is 0 Å². The molecule has 1 aliphatic rings. The summed E-state index contributed by atoms with van der Waals surface area (Å²) in [5.74, 6) is 0. The fraction of sp³-hybridized carbons (Fsp3) is 0.417. The highest BCUT2D eigenvalue weighted by molar-refractivity contribution is 7.18. The average Bonchev–Trinajstić information content (AvgIpc) is 2.76. The molecule has 0 spiro atoms. The first-order chi connectivity index (χ1) is 7.84. The maximum absolute atomic E-state index is 6.11. The van der Waals surface area contributed by atoms with Crippen LogP contribution in [0.3, 0.4) is 0 Å². The van der Waals surface area contributed by atoms with Gasteiger partial charge in [-0.15, -0.1) is 11.3 Å². The molecule has 1 unspecified atom stereocenters. The third-order valence-corrected chi connectivity index (χ3v) is 4.26. The number of halogens is 1. The van der Waals surface area contributed by atoms with Crippen LogP contribution in [-0.4, -0.2) is 11.6 Å². The summed E-state index contributed by atoms with van der Waals surface area (Å²) in [7, 11) is 0. The summed E-state index contributed by atoms with van der Waals surface area (Å²) in [5.41, 5.74) is 0.915. The summed E-state index contributed by atoms with van der Waals surface area (Å²) in [5, 5.41) is 1.80. The molecule has 3 rings (SSSR count). The SMILES string of the molecule is Clc1cccc2sc(C3CCCCO3)nc12. The summed E-state index contributed by atoms with van der Waals surface area (Å²) in [6.07, 6.45) is 3.66. The van der Waals surface area contributed by atoms with Crippen LogP contribution in [0.2, 0.25) is 5.02 Å². The van der Waals surface area contributed by atoms with E-state index >= 15 is 0 Å². The van der Waals surface area contributed by atoms with Crippen LogP contribution < -0.4 is 0 Å². The Hall–Kier alpha value is -0.640. The van der Waals surface area contributed by atoms with Crippen LogP contribution in [0.4, 0.5) is 0 Å². The van der Waals surface area contributed by atoms with Crippen molar-refractivity contribution in [1.29, 1.82) is 0 Å². The lowest BCUT2D eigenvalue weighted by molar-refractivity contribution is 0.0149. The Morgan fingerprint density at radius 3 is 3.06 bits per heavy atom. The third kappa shape index (κ3) is 1.83. The summed E-state index contributed by atoms with van der Waals surface area (Å²) in [4.78, 5) is 4.60. The molecule has 0 aliphatic carbocycles. The second kappa shape index (κ2) is 4.32. The highest BCUT2D eigenvalue weighted by Crippen LogP contribution is 2.35. The van der Waals surface area contributed by atoms with Gasteiger partial charge in [-0.2, -0.15) is 0 Å². The molecular weight excluding hydrogens is 242 g/mol. The number of hydrogen-bond donors (Lipinski definition) is 0. The predicted molar refractivity (Wildman–Crippen MR) is 67.2 cm³/mol. The molecule has 0 radical (unpaired) electrons. The van der Waals surface area contributed by atoms with Crippen molar-refractivity contribution in [2.45, 2.75) is 25.4 Å². The van der Waals surface area contributed by atoms with E-state index in [9.17, 15) is 0 Å². The highest BCUT2D eigenvalue weighted by Gasteiger charge is 2.20. The largest absolute Gasteiger partial charge is 0.371 e. The minimum absolute atomic E-state index is 0.183. The molecule has 1 aliphatic heterocycles. The second-order valence-corrected chi connectivity index (χ2v) is 5.46. The van der Waals surface area contributed by atoms with Crippen molar-refractivity contribution in [3.05, 3.63) is 28.2 Å². The fourth-order valence-corrected chi connectivity index (χ4v) is 3.36. The van der Waals surface area contributed by atoms with E-state index in [4.69, 9.17) is 16.3 Å². The molecule has 2 nitrogen and oxygen atoms in total. The summed E-state index contributed by atoms with van der Waals surface area (Å²) in [6, 6.07) is 5.91. The summed E-state index contributed by atoms with van der Waals surface area (Å²) in [6.45, 7) is 0.855. The van der Waals surface area contributed by atoms with Crippen LogP contribution in [0.25, 0.3) is 10.2 Å². The number of aromatic nitrogens is 1. The summed E-state index contributed by atoms with van der Waals surface area (Å²) >= 11 is 7.81. The van der Waals surface area contributed by atoms with Gasteiger partial charge >= 0.3 is 0 Å². The topological polar surface area (TPSA) is 22.1 Å². The lowest BCUT2D eigenvalue weighted by Crippen LogP contribution is -2.10. The standard InChI is InChI=1S/C12H12ClNOS/c13-8-4-3-6-10-11(8)14-12(16-10)9-5-1-2-7-15-9/h3-4,6,9H,1-2,5,7H2. The number of benzene rings is 1. The van der Waals surface area contributed by atoms with Gasteiger partial charge in [0.1, 0.15) is 16.6 Å². The number of ether oxygens (including phenoxy) is 1. The van der Waals surface area contributed by atoms with Gasteiger partial charge < -0.3 is 4.74 Å². The number of thiazole rings is 1. The molecule has 1 saturated heterocycles. The van der Waals surface area contributed by atoms with Crippen molar-refractivity contribution in [2.75, 3.05) is 6.61 Å². The molecule has 0 N–H and O–H groups in total. The number of hydrogen-bond acceptors (Lipinski definition) is 3. The van der Waals surface area contributed by atoms with Crippen molar-refractivity contribution in [3.63, 3.8) is 0 Å². The van der Waals surface area contributed by atoms with E-state index in [1.165, 1.54) is 12.8 Å². The molecular formula is C12H12ClNOS. The lowest BCUT2D eigenvalue weighted by Gasteiger charge is -2.20. The molecule has 16 heavy (non-hydrogen) atoms. The van der Waals surface area contributed by atoms with Gasteiger partial charge in [-0.05, 0) is 31.4 Å². The maximum Gasteiger partial charge on any atom is 0.123 e. The van der Waals surface area contributed by atoms with Gasteiger partial charge in [0.05, 0.1) is 9.72 Å². The second-order valence-electron chi connectivity index (χ2n) is 3.99. The molecule has 2 aromatic rings. The van der Waals surface area contributed by atoms with E-state index in [1.807, 2.05) is 12.1 Å². The van der Waals surface area contributed by atoms with Gasteiger partial charge in [0.25, 0.3) is 0 Å². The molecule has 2 heterocycles. The lowest BCUT2D eigenvalue weighted by atomic mass is 10.1. The van der Waals surface area contributed by atoms with E-state index in [2.05, 4.69) is 11.1 Å². The van der Waals surface area contributed by atoms with E-state index < -0.39 is 0 Å². The Balaban J connectivity index is 2.01. The van der Waals surface area contributed by atoms with Crippen LogP contribution in [0.5, 0.6) is 0 Å². The van der Waals surface area contributed by atoms with Gasteiger partial charge in [-0.1, -0.05) is 17.7 Å². The Labute approximate surface area is 103 Å². The molecule has 0 bridgehead atoms. The molecule has 1 atom stereocenters. The molecule has 1 fully saturated rings. The van der Waals surface area contributed by atoms with Crippen molar-refractivity contribution in [2.24, 2.45) is 0 Å². The number of para-hydroxylation sites is 1. The van der Waals surface area contributed by atoms with E-state index in [-0.39, 0.29) is 6.10 Å². The number of fused-ring (bicyclic) bond motifs is 1. The van der Waals surface area contributed by atoms with E-state index in [0.717, 1.165) is 33.3 Å². The smallest absolute Gasteiger partial charge is 0.123 e. The van der Waals surface area contributed by atoms with E-state index in [1.54, 1.807) is 11.3 Å². The Kier molecular flexibility index (Phi) is 2.84. The first-order valence-corrected chi connectivity index (χ1v) is 6.70. The highest BCUT2D eigenvalue weighted by atomic mass is 35.5. The fourth-order valence-electron chi connectivity index (χ4n) is 2.01. The third-order valence-electron chi connectivity index (χ3n) is 2.84. The quantitative estimate of drug-likeness (QED) is 0.760. The first kappa shape index (κ1) is 10.5. The zero-order chi connectivity index (χ0) is 11.0. The van der Waals surface area contributed by atoms with Crippen LogP contribution in [0.15, 0.2) is 18.2 Å². The number of rotatable bonds is 1. The Bertz CT molecular complexity index is 505. The van der Waals surface area contributed by atoms with Crippen LogP contribution in [-0.2, 0) is 4.74 Å². The van der Waals surface area contributed by atoms with Crippen molar-refractivity contribution in [1.82, 2.24) is 4.98 Å². The molecule has 0 saturated carbocycles. The average molecular weight is 254 g/mol. The van der Waals surface area contributed by atoms with Crippen molar-refractivity contribution in [3.8, 4) is 0 Å². The van der Waals surface area contributed by atoms with Crippen molar-refractivity contribution < 1.29 is 4.74 Å². The van der Waals surface area contributed by atoms with Crippen molar-refractivity contribution >= 4 is 33.2 Å². The van der Waals surface area contributed by atoms with Crippen LogP contribution in [0.1, 0.15) is 30.4 Å². The van der Waals surface area contributed by atoms with Gasteiger partial charge in [-0.25, -0.2) is 4.98 Å².